The van der Waals surface area contributed by atoms with Gasteiger partial charge in [-0.3, -0.25) is 24.8 Å². The summed E-state index contributed by atoms with van der Waals surface area (Å²) in [7, 11) is 0. The molecular formula is C32H31ClF3N5O3. The summed E-state index contributed by atoms with van der Waals surface area (Å²) in [5, 5.41) is 18.9. The number of pyridine rings is 1. The maximum atomic E-state index is 16.2. The second-order valence-corrected chi connectivity index (χ2v) is 12.7. The van der Waals surface area contributed by atoms with Crippen LogP contribution in [0.2, 0.25) is 5.02 Å². The van der Waals surface area contributed by atoms with E-state index >= 15 is 4.39 Å². The van der Waals surface area contributed by atoms with Crippen molar-refractivity contribution in [3.05, 3.63) is 82.4 Å². The highest BCUT2D eigenvalue weighted by Crippen LogP contribution is 2.48. The first-order valence-electron chi connectivity index (χ1n) is 14.4. The molecule has 2 N–H and O–H groups in total. The summed E-state index contributed by atoms with van der Waals surface area (Å²) in [6.45, 7) is 2.51. The van der Waals surface area contributed by atoms with Gasteiger partial charge < -0.3 is 5.11 Å². The number of amides is 2. The summed E-state index contributed by atoms with van der Waals surface area (Å²) in [6.07, 6.45) is 3.52. The number of carbonyl (C=O) groups is 2. The van der Waals surface area contributed by atoms with Crippen LogP contribution in [0.15, 0.2) is 54.9 Å². The van der Waals surface area contributed by atoms with Crippen LogP contribution in [0.3, 0.4) is 0 Å². The van der Waals surface area contributed by atoms with Crippen LogP contribution in [-0.2, 0) is 21.7 Å². The molecule has 8 nitrogen and oxygen atoms in total. The summed E-state index contributed by atoms with van der Waals surface area (Å²) in [5.74, 6) is -1.94. The van der Waals surface area contributed by atoms with Crippen molar-refractivity contribution in [2.45, 2.75) is 57.7 Å². The van der Waals surface area contributed by atoms with Crippen LogP contribution in [0, 0.1) is 11.2 Å². The highest BCUT2D eigenvalue weighted by Gasteiger charge is 2.50. The van der Waals surface area contributed by atoms with Crippen molar-refractivity contribution in [1.29, 1.82) is 0 Å². The molecule has 2 fully saturated rings. The predicted octanol–water partition coefficient (Wildman–Crippen LogP) is 5.93. The van der Waals surface area contributed by atoms with Crippen LogP contribution in [0.4, 0.5) is 13.2 Å². The number of piperidine rings is 2. The van der Waals surface area contributed by atoms with Gasteiger partial charge in [-0.15, -0.1) is 0 Å². The lowest BCUT2D eigenvalue weighted by molar-refractivity contribution is -0.134. The Labute approximate surface area is 256 Å². The third-order valence-corrected chi connectivity index (χ3v) is 9.27. The monoisotopic (exact) mass is 625 g/mol. The van der Waals surface area contributed by atoms with Crippen LogP contribution in [0.5, 0.6) is 0 Å². The van der Waals surface area contributed by atoms with Crippen LogP contribution in [0.25, 0.3) is 22.2 Å². The highest BCUT2D eigenvalue weighted by atomic mass is 35.5. The van der Waals surface area contributed by atoms with Crippen LogP contribution in [-0.4, -0.2) is 49.7 Å². The molecule has 44 heavy (non-hydrogen) atoms. The SMILES string of the molecule is CC1(C)CN(Cc2ccc(-c3ccn(C(F)F)n3)c(Cl)c2)CC[C@]1(O)c1ccc2ncc([C@@H]3CCC(=O)NC3=O)cc2c1F. The molecule has 6 rings (SSSR count). The van der Waals surface area contributed by atoms with E-state index in [-0.39, 0.29) is 29.7 Å². The number of carbonyl (C=O) groups excluding carboxylic acids is 2. The van der Waals surface area contributed by atoms with Crippen molar-refractivity contribution < 1.29 is 27.9 Å². The number of alkyl halides is 2. The zero-order valence-electron chi connectivity index (χ0n) is 24.2. The second kappa shape index (κ2) is 11.3. The van der Waals surface area contributed by atoms with Crippen molar-refractivity contribution in [3.63, 3.8) is 0 Å². The third kappa shape index (κ3) is 5.37. The van der Waals surface area contributed by atoms with Crippen LogP contribution >= 0.6 is 11.6 Å². The first kappa shape index (κ1) is 30.2. The molecule has 0 radical (unpaired) electrons. The molecule has 2 atom stereocenters. The second-order valence-electron chi connectivity index (χ2n) is 12.2. The quantitative estimate of drug-likeness (QED) is 0.258. The van der Waals surface area contributed by atoms with Crippen molar-refractivity contribution in [2.24, 2.45) is 5.41 Å². The Morgan fingerprint density at radius 3 is 2.64 bits per heavy atom. The number of hydrogen-bond donors (Lipinski definition) is 2. The number of nitrogens with zero attached hydrogens (tertiary/aromatic N) is 4. The zero-order chi connectivity index (χ0) is 31.4. The Kier molecular flexibility index (Phi) is 7.75. The zero-order valence-corrected chi connectivity index (χ0v) is 24.9. The number of likely N-dealkylation sites (tertiary alicyclic amines) is 1. The number of halogens is 4. The number of imide groups is 1. The predicted molar refractivity (Wildman–Crippen MR) is 158 cm³/mol. The number of rotatable bonds is 6. The minimum Gasteiger partial charge on any atom is -0.384 e. The average Bonchev–Trinajstić information content (AvgIpc) is 3.46. The van der Waals surface area contributed by atoms with Crippen LogP contribution in [0.1, 0.15) is 62.3 Å². The van der Waals surface area contributed by atoms with Gasteiger partial charge in [0.05, 0.1) is 27.8 Å². The molecule has 4 aromatic rings. The molecule has 12 heteroatoms. The fourth-order valence-corrected chi connectivity index (χ4v) is 6.78. The molecule has 4 heterocycles. The molecule has 2 aromatic heterocycles. The molecule has 230 valence electrons. The van der Waals surface area contributed by atoms with Crippen molar-refractivity contribution in [1.82, 2.24) is 25.0 Å². The summed E-state index contributed by atoms with van der Waals surface area (Å²) in [6, 6.07) is 11.7. The van der Waals surface area contributed by atoms with Crippen LogP contribution < -0.4 is 5.32 Å². The maximum absolute atomic E-state index is 16.2. The topological polar surface area (TPSA) is 100 Å². The molecule has 0 saturated carbocycles. The lowest BCUT2D eigenvalue weighted by Gasteiger charge is -2.50. The van der Waals surface area contributed by atoms with Gasteiger partial charge in [0.1, 0.15) is 5.82 Å². The Bertz CT molecular complexity index is 1780. The number of aromatic nitrogens is 3. The smallest absolute Gasteiger partial charge is 0.333 e. The van der Waals surface area contributed by atoms with Gasteiger partial charge in [-0.05, 0) is 48.2 Å². The summed E-state index contributed by atoms with van der Waals surface area (Å²) in [5.41, 5.74) is 0.643. The van der Waals surface area contributed by atoms with E-state index < -0.39 is 35.2 Å². The number of fused-ring (bicyclic) bond motifs is 1. The molecule has 0 aliphatic carbocycles. The van der Waals surface area contributed by atoms with Gasteiger partial charge in [-0.1, -0.05) is 43.6 Å². The van der Waals surface area contributed by atoms with Gasteiger partial charge in [-0.25, -0.2) is 9.07 Å². The standard InChI is InChI=1S/C32H31ClF3N5O3/c1-31(2)17-40(16-18-3-4-21(24(33)13-18)26-9-11-41(39-26)30(35)36)12-10-32(31,44)23-6-7-25-22(28(23)34)14-19(15-37-25)20-5-8-27(42)38-29(20)43/h3-4,6-7,9,11,13-15,20,30,44H,5,8,10,12,16-17H2,1-2H3,(H,38,42,43)/t20-,32-/m0/s1. The van der Waals surface area contributed by atoms with E-state index in [9.17, 15) is 23.5 Å². The number of aliphatic hydroxyl groups is 1. The van der Waals surface area contributed by atoms with Crippen molar-refractivity contribution >= 4 is 34.3 Å². The number of benzene rings is 2. The first-order chi connectivity index (χ1) is 20.9. The van der Waals surface area contributed by atoms with E-state index in [4.69, 9.17) is 11.6 Å². The molecule has 0 unspecified atom stereocenters. The minimum absolute atomic E-state index is 0.174. The summed E-state index contributed by atoms with van der Waals surface area (Å²) in [4.78, 5) is 30.6. The molecule has 2 amide bonds. The lowest BCUT2D eigenvalue weighted by Crippen LogP contribution is -2.55. The minimum atomic E-state index is -2.74. The van der Waals surface area contributed by atoms with Gasteiger partial charge in [0.25, 0.3) is 0 Å². The first-order valence-corrected chi connectivity index (χ1v) is 14.7. The van der Waals surface area contributed by atoms with Crippen molar-refractivity contribution in [2.75, 3.05) is 13.1 Å². The summed E-state index contributed by atoms with van der Waals surface area (Å²) < 4.78 is 42.7. The van der Waals surface area contributed by atoms with Gasteiger partial charge in [0, 0.05) is 60.4 Å². The fourth-order valence-electron chi connectivity index (χ4n) is 6.48. The molecule has 2 aromatic carbocycles. The molecule has 2 aliphatic heterocycles. The fraction of sp³-hybridized carbons (Fsp3) is 0.375. The number of nitrogens with one attached hydrogen (secondary N) is 1. The van der Waals surface area contributed by atoms with E-state index in [1.807, 2.05) is 19.9 Å². The average molecular weight is 626 g/mol. The van der Waals surface area contributed by atoms with E-state index in [0.29, 0.717) is 58.1 Å². The van der Waals surface area contributed by atoms with Crippen molar-refractivity contribution in [3.8, 4) is 11.3 Å². The van der Waals surface area contributed by atoms with Gasteiger partial charge in [0.2, 0.25) is 11.8 Å². The molecule has 0 spiro atoms. The Morgan fingerprint density at radius 2 is 1.95 bits per heavy atom. The maximum Gasteiger partial charge on any atom is 0.333 e. The Morgan fingerprint density at radius 1 is 1.16 bits per heavy atom. The van der Waals surface area contributed by atoms with Gasteiger partial charge >= 0.3 is 6.55 Å². The van der Waals surface area contributed by atoms with Gasteiger partial charge in [-0.2, -0.15) is 13.9 Å². The highest BCUT2D eigenvalue weighted by molar-refractivity contribution is 6.33. The Balaban J connectivity index is 1.22. The lowest BCUT2D eigenvalue weighted by atomic mass is 9.66. The number of hydrogen-bond acceptors (Lipinski definition) is 6. The molecule has 2 saturated heterocycles. The largest absolute Gasteiger partial charge is 0.384 e. The van der Waals surface area contributed by atoms with E-state index in [0.717, 1.165) is 5.56 Å². The molecular weight excluding hydrogens is 595 g/mol. The molecule has 0 bridgehead atoms. The van der Waals surface area contributed by atoms with E-state index in [2.05, 4.69) is 20.3 Å². The Hall–Kier alpha value is -3.80. The third-order valence-electron chi connectivity index (χ3n) is 8.96. The summed E-state index contributed by atoms with van der Waals surface area (Å²) >= 11 is 6.51. The normalized spacial score (nSPS) is 22.5. The van der Waals surface area contributed by atoms with Gasteiger partial charge in [0.15, 0.2) is 0 Å². The van der Waals surface area contributed by atoms with E-state index in [1.54, 1.807) is 30.3 Å². The van der Waals surface area contributed by atoms with E-state index in [1.165, 1.54) is 18.5 Å². The molecule has 2 aliphatic rings.